The highest BCUT2D eigenvalue weighted by Crippen LogP contribution is 2.46. The number of rotatable bonds is 7. The fraction of sp³-hybridized carbons (Fsp3) is 0.211. The molecule has 0 saturated heterocycles. The second-order valence-electron chi connectivity index (χ2n) is 5.10. The van der Waals surface area contributed by atoms with E-state index in [4.69, 9.17) is 14.2 Å². The summed E-state index contributed by atoms with van der Waals surface area (Å²) in [6.45, 7) is 0. The van der Waals surface area contributed by atoms with Crippen molar-refractivity contribution in [2.24, 2.45) is 0 Å². The van der Waals surface area contributed by atoms with E-state index in [0.29, 0.717) is 32.8 Å². The van der Waals surface area contributed by atoms with Gasteiger partial charge in [-0.15, -0.1) is 0 Å². The molecule has 0 aliphatic rings. The van der Waals surface area contributed by atoms with Crippen molar-refractivity contribution in [1.82, 2.24) is 0 Å². The molecule has 1 unspecified atom stereocenters. The first-order valence-electron chi connectivity index (χ1n) is 7.46. The van der Waals surface area contributed by atoms with Crippen LogP contribution >= 0.6 is 15.9 Å². The minimum absolute atomic E-state index is 0.428. The third-order valence-corrected chi connectivity index (χ3v) is 4.52. The van der Waals surface area contributed by atoms with Crippen LogP contribution in [0, 0.1) is 0 Å². The molecule has 2 rings (SSSR count). The number of aldehydes is 1. The van der Waals surface area contributed by atoms with Crippen molar-refractivity contribution >= 4 is 28.3 Å². The average Bonchev–Trinajstić information content (AvgIpc) is 2.65. The molecule has 2 aromatic carbocycles. The summed E-state index contributed by atoms with van der Waals surface area (Å²) in [5.74, 6) is 1.30. The molecule has 5 nitrogen and oxygen atoms in total. The Bertz CT molecular complexity index is 786. The van der Waals surface area contributed by atoms with Crippen LogP contribution in [0.2, 0.25) is 0 Å². The Hall–Kier alpha value is -2.31. The Morgan fingerprint density at radius 2 is 1.68 bits per heavy atom. The molecule has 0 radical (unpaired) electrons. The lowest BCUT2D eigenvalue weighted by atomic mass is 10.0. The second-order valence-corrected chi connectivity index (χ2v) is 5.89. The van der Waals surface area contributed by atoms with E-state index in [-0.39, 0.29) is 0 Å². The number of carbonyl (C=O) groups is 1. The number of ether oxygens (including phenoxy) is 3. The van der Waals surface area contributed by atoms with Gasteiger partial charge in [-0.05, 0) is 27.6 Å². The molecule has 0 spiro atoms. The van der Waals surface area contributed by atoms with Crippen molar-refractivity contribution in [3.8, 4) is 17.2 Å². The first-order chi connectivity index (χ1) is 12.1. The summed E-state index contributed by atoms with van der Waals surface area (Å²) in [5, 5.41) is 10.6. The maximum Gasteiger partial charge on any atom is 0.204 e. The number of benzene rings is 2. The van der Waals surface area contributed by atoms with Crippen molar-refractivity contribution in [2.75, 3.05) is 21.3 Å². The molecule has 132 valence electrons. The zero-order valence-corrected chi connectivity index (χ0v) is 15.7. The highest BCUT2D eigenvalue weighted by Gasteiger charge is 2.21. The summed E-state index contributed by atoms with van der Waals surface area (Å²) >= 11 is 3.44. The SMILES string of the molecule is COc1cc(C(O)/C=C/c2ccccc2C=O)c(Br)c(OC)c1OC. The quantitative estimate of drug-likeness (QED) is 0.702. The molecule has 0 bridgehead atoms. The first-order valence-corrected chi connectivity index (χ1v) is 8.25. The molecule has 0 aliphatic carbocycles. The van der Waals surface area contributed by atoms with Gasteiger partial charge in [-0.1, -0.05) is 36.4 Å². The fourth-order valence-electron chi connectivity index (χ4n) is 2.42. The predicted octanol–water partition coefficient (Wildman–Crippen LogP) is 4.03. The summed E-state index contributed by atoms with van der Waals surface area (Å²) < 4.78 is 16.6. The van der Waals surface area contributed by atoms with E-state index in [1.807, 2.05) is 6.07 Å². The molecule has 1 N–H and O–H groups in total. The molecule has 0 heterocycles. The lowest BCUT2D eigenvalue weighted by molar-refractivity contribution is 0.112. The topological polar surface area (TPSA) is 65.0 Å². The minimum Gasteiger partial charge on any atom is -0.493 e. The van der Waals surface area contributed by atoms with Crippen LogP contribution in [0.3, 0.4) is 0 Å². The van der Waals surface area contributed by atoms with Crippen LogP contribution in [0.25, 0.3) is 6.08 Å². The number of hydrogen-bond acceptors (Lipinski definition) is 5. The Labute approximate surface area is 155 Å². The third kappa shape index (κ3) is 4.03. The van der Waals surface area contributed by atoms with E-state index in [1.165, 1.54) is 21.3 Å². The van der Waals surface area contributed by atoms with Gasteiger partial charge in [-0.2, -0.15) is 0 Å². The van der Waals surface area contributed by atoms with Crippen molar-refractivity contribution in [2.45, 2.75) is 6.10 Å². The zero-order chi connectivity index (χ0) is 18.4. The summed E-state index contributed by atoms with van der Waals surface area (Å²) in [6.07, 6.45) is 3.13. The highest BCUT2D eigenvalue weighted by molar-refractivity contribution is 9.10. The van der Waals surface area contributed by atoms with Crippen molar-refractivity contribution in [3.63, 3.8) is 0 Å². The molecular formula is C19H19BrO5. The lowest BCUT2D eigenvalue weighted by Crippen LogP contribution is -2.02. The van der Waals surface area contributed by atoms with Crippen molar-refractivity contribution in [1.29, 1.82) is 0 Å². The Kier molecular flexibility index (Phi) is 6.61. The number of aliphatic hydroxyl groups excluding tert-OH is 1. The number of aliphatic hydroxyl groups is 1. The van der Waals surface area contributed by atoms with E-state index in [0.717, 1.165) is 11.8 Å². The minimum atomic E-state index is -0.942. The summed E-state index contributed by atoms with van der Waals surface area (Å²) in [4.78, 5) is 11.1. The standard InChI is InChI=1S/C19H19BrO5/c1-23-16-10-14(17(20)19(25-3)18(16)24-2)15(22)9-8-12-6-4-5-7-13(12)11-21/h4-11,15,22H,1-3H3/b9-8+. The second kappa shape index (κ2) is 8.69. The molecule has 25 heavy (non-hydrogen) atoms. The molecule has 6 heteroatoms. The van der Waals surface area contributed by atoms with Gasteiger partial charge < -0.3 is 19.3 Å². The van der Waals surface area contributed by atoms with Gasteiger partial charge in [0.1, 0.15) is 0 Å². The fourth-order valence-corrected chi connectivity index (χ4v) is 3.11. The molecular weight excluding hydrogens is 388 g/mol. The maximum atomic E-state index is 11.1. The van der Waals surface area contributed by atoms with E-state index < -0.39 is 6.10 Å². The van der Waals surface area contributed by atoms with Crippen LogP contribution < -0.4 is 14.2 Å². The van der Waals surface area contributed by atoms with E-state index in [1.54, 1.807) is 36.4 Å². The largest absolute Gasteiger partial charge is 0.493 e. The zero-order valence-electron chi connectivity index (χ0n) is 14.2. The Balaban J connectivity index is 2.43. The van der Waals surface area contributed by atoms with Crippen LogP contribution in [0.4, 0.5) is 0 Å². The first kappa shape index (κ1) is 19.0. The Morgan fingerprint density at radius 3 is 2.24 bits per heavy atom. The van der Waals surface area contributed by atoms with Crippen LogP contribution in [-0.4, -0.2) is 32.7 Å². The van der Waals surface area contributed by atoms with Gasteiger partial charge in [-0.3, -0.25) is 4.79 Å². The molecule has 0 aliphatic heterocycles. The van der Waals surface area contributed by atoms with Gasteiger partial charge in [0.15, 0.2) is 17.8 Å². The molecule has 0 amide bonds. The maximum absolute atomic E-state index is 11.1. The molecule has 2 aromatic rings. The molecule has 0 aromatic heterocycles. The van der Waals surface area contributed by atoms with Gasteiger partial charge in [0, 0.05) is 11.1 Å². The summed E-state index contributed by atoms with van der Waals surface area (Å²) in [6, 6.07) is 8.80. The average molecular weight is 407 g/mol. The van der Waals surface area contributed by atoms with Gasteiger partial charge >= 0.3 is 0 Å². The van der Waals surface area contributed by atoms with E-state index >= 15 is 0 Å². The number of halogens is 1. The monoisotopic (exact) mass is 406 g/mol. The van der Waals surface area contributed by atoms with Crippen molar-refractivity contribution in [3.05, 3.63) is 57.6 Å². The number of methoxy groups -OCH3 is 3. The third-order valence-electron chi connectivity index (χ3n) is 3.70. The molecule has 0 fully saturated rings. The smallest absolute Gasteiger partial charge is 0.204 e. The Morgan fingerprint density at radius 1 is 1.04 bits per heavy atom. The number of carbonyl (C=O) groups excluding carboxylic acids is 1. The van der Waals surface area contributed by atoms with Gasteiger partial charge in [0.25, 0.3) is 0 Å². The van der Waals surface area contributed by atoms with Crippen LogP contribution in [-0.2, 0) is 0 Å². The van der Waals surface area contributed by atoms with Gasteiger partial charge in [-0.25, -0.2) is 0 Å². The lowest BCUT2D eigenvalue weighted by Gasteiger charge is -2.18. The highest BCUT2D eigenvalue weighted by atomic mass is 79.9. The molecule has 0 saturated carbocycles. The molecule has 1 atom stereocenters. The van der Waals surface area contributed by atoms with Gasteiger partial charge in [0.05, 0.1) is 31.9 Å². The normalized spacial score (nSPS) is 12.0. The van der Waals surface area contributed by atoms with Crippen LogP contribution in [0.5, 0.6) is 17.2 Å². The van der Waals surface area contributed by atoms with E-state index in [2.05, 4.69) is 15.9 Å². The van der Waals surface area contributed by atoms with Crippen molar-refractivity contribution < 1.29 is 24.1 Å². The predicted molar refractivity (Wildman–Crippen MR) is 99.6 cm³/mol. The van der Waals surface area contributed by atoms with Gasteiger partial charge in [0.2, 0.25) is 5.75 Å². The number of hydrogen-bond donors (Lipinski definition) is 1. The van der Waals surface area contributed by atoms with E-state index in [9.17, 15) is 9.90 Å². The summed E-state index contributed by atoms with van der Waals surface area (Å²) in [5.41, 5.74) is 1.82. The van der Waals surface area contributed by atoms with Crippen LogP contribution in [0.15, 0.2) is 40.9 Å². The van der Waals surface area contributed by atoms with Crippen LogP contribution in [0.1, 0.15) is 27.6 Å². The summed E-state index contributed by atoms with van der Waals surface area (Å²) in [7, 11) is 4.53.